The molecule has 2 aromatic rings. The second-order valence-electron chi connectivity index (χ2n) is 5.92. The number of hydrogen-bond acceptors (Lipinski definition) is 5. The van der Waals surface area contributed by atoms with E-state index < -0.39 is 5.41 Å². The smallest absolute Gasteiger partial charge is 0.222 e. The van der Waals surface area contributed by atoms with Gasteiger partial charge in [-0.25, -0.2) is 9.97 Å². The van der Waals surface area contributed by atoms with E-state index in [1.165, 1.54) is 0 Å². The molecule has 0 bridgehead atoms. The van der Waals surface area contributed by atoms with Crippen molar-refractivity contribution in [2.75, 3.05) is 12.4 Å². The van der Waals surface area contributed by atoms with Gasteiger partial charge in [-0.1, -0.05) is 12.1 Å². The van der Waals surface area contributed by atoms with Gasteiger partial charge in [0.05, 0.1) is 18.6 Å². The van der Waals surface area contributed by atoms with Gasteiger partial charge in [0.1, 0.15) is 5.75 Å². The van der Waals surface area contributed by atoms with E-state index in [-0.39, 0.29) is 0 Å². The number of benzene rings is 1. The van der Waals surface area contributed by atoms with Crippen LogP contribution < -0.4 is 10.1 Å². The van der Waals surface area contributed by atoms with E-state index >= 15 is 0 Å². The Kier molecular flexibility index (Phi) is 4.42. The molecule has 0 amide bonds. The maximum atomic E-state index is 9.80. The molecule has 0 aliphatic heterocycles. The summed E-state index contributed by atoms with van der Waals surface area (Å²) in [4.78, 5) is 8.41. The Hall–Kier alpha value is -2.61. The first-order valence-electron chi connectivity index (χ1n) is 7.85. The van der Waals surface area contributed by atoms with E-state index in [0.717, 1.165) is 37.0 Å². The third-order valence-electron chi connectivity index (χ3n) is 4.57. The Balaban J connectivity index is 1.71. The van der Waals surface area contributed by atoms with Crippen LogP contribution in [0.5, 0.6) is 5.75 Å². The summed E-state index contributed by atoms with van der Waals surface area (Å²) < 4.78 is 5.30. The fraction of sp³-hybridized carbons (Fsp3) is 0.389. The highest BCUT2D eigenvalue weighted by Gasteiger charge is 2.37. The Morgan fingerprint density at radius 2 is 1.96 bits per heavy atom. The monoisotopic (exact) mass is 308 g/mol. The number of nitrogens with zero attached hydrogens (tertiary/aromatic N) is 3. The van der Waals surface area contributed by atoms with Crippen LogP contribution in [0.4, 0.5) is 5.95 Å². The average molecular weight is 308 g/mol. The number of aromatic nitrogens is 2. The highest BCUT2D eigenvalue weighted by molar-refractivity contribution is 5.39. The first kappa shape index (κ1) is 15.3. The predicted octanol–water partition coefficient (Wildman–Crippen LogP) is 3.30. The van der Waals surface area contributed by atoms with E-state index in [4.69, 9.17) is 4.74 Å². The minimum Gasteiger partial charge on any atom is -0.497 e. The second kappa shape index (κ2) is 6.66. The van der Waals surface area contributed by atoms with Crippen LogP contribution in [0.3, 0.4) is 0 Å². The molecule has 0 spiro atoms. The number of anilines is 1. The molecule has 1 heterocycles. The molecule has 0 saturated heterocycles. The third-order valence-corrected chi connectivity index (χ3v) is 4.57. The van der Waals surface area contributed by atoms with Gasteiger partial charge in [-0.2, -0.15) is 5.26 Å². The first-order valence-corrected chi connectivity index (χ1v) is 7.85. The molecule has 1 fully saturated rings. The molecule has 1 aliphatic rings. The van der Waals surface area contributed by atoms with Gasteiger partial charge in [-0.3, -0.25) is 0 Å². The summed E-state index contributed by atoms with van der Waals surface area (Å²) in [6.07, 6.45) is 6.94. The van der Waals surface area contributed by atoms with E-state index in [9.17, 15) is 5.26 Å². The van der Waals surface area contributed by atoms with Gasteiger partial charge in [-0.15, -0.1) is 0 Å². The molecular weight excluding hydrogens is 288 g/mol. The summed E-state index contributed by atoms with van der Waals surface area (Å²) in [5, 5.41) is 13.2. The largest absolute Gasteiger partial charge is 0.497 e. The fourth-order valence-electron chi connectivity index (χ4n) is 3.20. The quantitative estimate of drug-likeness (QED) is 0.938. The van der Waals surface area contributed by atoms with Gasteiger partial charge in [0.15, 0.2) is 0 Å². The maximum absolute atomic E-state index is 9.80. The van der Waals surface area contributed by atoms with Crippen molar-refractivity contribution in [2.24, 2.45) is 0 Å². The van der Waals surface area contributed by atoms with Crippen LogP contribution in [0.15, 0.2) is 42.7 Å². The molecule has 1 aromatic carbocycles. The zero-order valence-corrected chi connectivity index (χ0v) is 13.2. The van der Waals surface area contributed by atoms with Crippen LogP contribution >= 0.6 is 0 Å². The molecular formula is C18H20N4O. The minimum atomic E-state index is -0.426. The van der Waals surface area contributed by atoms with Crippen molar-refractivity contribution in [1.82, 2.24) is 9.97 Å². The van der Waals surface area contributed by atoms with Gasteiger partial charge in [0.25, 0.3) is 0 Å². The molecule has 5 heteroatoms. The van der Waals surface area contributed by atoms with Crippen molar-refractivity contribution >= 4 is 5.95 Å². The molecule has 0 atom stereocenters. The maximum Gasteiger partial charge on any atom is 0.222 e. The van der Waals surface area contributed by atoms with Crippen molar-refractivity contribution in [3.05, 3.63) is 48.3 Å². The lowest BCUT2D eigenvalue weighted by Crippen LogP contribution is -2.35. The van der Waals surface area contributed by atoms with Crippen molar-refractivity contribution in [3.8, 4) is 11.8 Å². The lowest BCUT2D eigenvalue weighted by molar-refractivity contribution is 0.341. The number of nitrogens with one attached hydrogen (secondary N) is 1. The van der Waals surface area contributed by atoms with E-state index in [1.807, 2.05) is 24.3 Å². The van der Waals surface area contributed by atoms with Crippen molar-refractivity contribution in [3.63, 3.8) is 0 Å². The SMILES string of the molecule is COc1cccc(C2(C#N)CCC(Nc3ncccn3)CC2)c1. The summed E-state index contributed by atoms with van der Waals surface area (Å²) >= 11 is 0. The predicted molar refractivity (Wildman–Crippen MR) is 88.2 cm³/mol. The molecule has 1 aromatic heterocycles. The normalized spacial score (nSPS) is 23.7. The van der Waals surface area contributed by atoms with Crippen LogP contribution in [-0.4, -0.2) is 23.1 Å². The summed E-state index contributed by atoms with van der Waals surface area (Å²) in [5.41, 5.74) is 0.623. The topological polar surface area (TPSA) is 70.8 Å². The zero-order chi connectivity index (χ0) is 16.1. The minimum absolute atomic E-state index is 0.310. The van der Waals surface area contributed by atoms with Crippen molar-refractivity contribution < 1.29 is 4.74 Å². The van der Waals surface area contributed by atoms with Gasteiger partial charge < -0.3 is 10.1 Å². The molecule has 1 aliphatic carbocycles. The third kappa shape index (κ3) is 3.26. The molecule has 1 saturated carbocycles. The van der Waals surface area contributed by atoms with Crippen LogP contribution in [0.2, 0.25) is 0 Å². The Labute approximate surface area is 136 Å². The van der Waals surface area contributed by atoms with Crippen LogP contribution in [0, 0.1) is 11.3 Å². The summed E-state index contributed by atoms with van der Waals surface area (Å²) in [5.74, 6) is 1.46. The average Bonchev–Trinajstić information content (AvgIpc) is 2.63. The summed E-state index contributed by atoms with van der Waals surface area (Å²) in [6, 6.07) is 12.5. The lowest BCUT2D eigenvalue weighted by atomic mass is 9.69. The van der Waals surface area contributed by atoms with E-state index in [0.29, 0.717) is 12.0 Å². The number of hydrogen-bond donors (Lipinski definition) is 1. The highest BCUT2D eigenvalue weighted by atomic mass is 16.5. The molecule has 5 nitrogen and oxygen atoms in total. The molecule has 0 radical (unpaired) electrons. The molecule has 3 rings (SSSR count). The number of ether oxygens (including phenoxy) is 1. The van der Waals surface area contributed by atoms with Crippen molar-refractivity contribution in [2.45, 2.75) is 37.1 Å². The lowest BCUT2D eigenvalue weighted by Gasteiger charge is -2.35. The Morgan fingerprint density at radius 3 is 2.61 bits per heavy atom. The van der Waals surface area contributed by atoms with Crippen LogP contribution in [0.25, 0.3) is 0 Å². The fourth-order valence-corrected chi connectivity index (χ4v) is 3.20. The molecule has 1 N–H and O–H groups in total. The second-order valence-corrected chi connectivity index (χ2v) is 5.92. The Morgan fingerprint density at radius 1 is 1.22 bits per heavy atom. The molecule has 0 unspecified atom stereocenters. The molecule has 23 heavy (non-hydrogen) atoms. The standard InChI is InChI=1S/C18H20N4O/c1-23-16-5-2-4-14(12-16)18(13-19)8-6-15(7-9-18)22-17-20-10-3-11-21-17/h2-5,10-12,15H,6-9H2,1H3,(H,20,21,22). The van der Waals surface area contributed by atoms with Crippen LogP contribution in [-0.2, 0) is 5.41 Å². The first-order chi connectivity index (χ1) is 11.3. The number of methoxy groups -OCH3 is 1. The number of rotatable bonds is 4. The van der Waals surface area contributed by atoms with Crippen LogP contribution in [0.1, 0.15) is 31.2 Å². The van der Waals surface area contributed by atoms with Gasteiger partial charge in [0, 0.05) is 18.4 Å². The van der Waals surface area contributed by atoms with E-state index in [2.05, 4.69) is 21.4 Å². The van der Waals surface area contributed by atoms with E-state index in [1.54, 1.807) is 25.6 Å². The highest BCUT2D eigenvalue weighted by Crippen LogP contribution is 2.40. The zero-order valence-electron chi connectivity index (χ0n) is 13.2. The van der Waals surface area contributed by atoms with Crippen molar-refractivity contribution in [1.29, 1.82) is 5.26 Å². The van der Waals surface area contributed by atoms with Gasteiger partial charge in [0.2, 0.25) is 5.95 Å². The summed E-state index contributed by atoms with van der Waals surface area (Å²) in [7, 11) is 1.65. The summed E-state index contributed by atoms with van der Waals surface area (Å²) in [6.45, 7) is 0. The van der Waals surface area contributed by atoms with Gasteiger partial charge >= 0.3 is 0 Å². The Bertz CT molecular complexity index is 688. The molecule has 118 valence electrons. The van der Waals surface area contributed by atoms with Gasteiger partial charge in [-0.05, 0) is 49.4 Å². The number of nitriles is 1.